The molecule has 0 aliphatic carbocycles. The van der Waals surface area contributed by atoms with E-state index in [1.54, 1.807) is 50.3 Å². The van der Waals surface area contributed by atoms with Gasteiger partial charge in [0.15, 0.2) is 23.0 Å². The summed E-state index contributed by atoms with van der Waals surface area (Å²) < 4.78 is 75.9. The van der Waals surface area contributed by atoms with Crippen molar-refractivity contribution >= 4 is 67.8 Å². The van der Waals surface area contributed by atoms with Gasteiger partial charge in [-0.15, -0.1) is 0 Å². The number of phenols is 2. The maximum atomic E-state index is 12.7. The Morgan fingerprint density at radius 1 is 0.617 bits per heavy atom. The van der Waals surface area contributed by atoms with Crippen molar-refractivity contribution in [2.75, 3.05) is 38.5 Å². The highest BCUT2D eigenvalue weighted by molar-refractivity contribution is 7.81. The topological polar surface area (TPSA) is 265 Å². The van der Waals surface area contributed by atoms with Gasteiger partial charge in [-0.3, -0.25) is 8.37 Å². The van der Waals surface area contributed by atoms with Crippen molar-refractivity contribution in [2.24, 2.45) is 24.3 Å². The number of hydrazone groups is 2. The molecule has 2 aliphatic rings. The normalized spacial score (nSPS) is 15.0. The van der Waals surface area contributed by atoms with Crippen LogP contribution < -0.4 is 28.6 Å². The summed E-state index contributed by atoms with van der Waals surface area (Å²) in [6.07, 6.45) is 7.21. The molecule has 0 bridgehead atoms. The third-order valence-corrected chi connectivity index (χ3v) is 8.87. The molecule has 20 nitrogen and oxygen atoms in total. The van der Waals surface area contributed by atoms with Gasteiger partial charge in [-0.25, -0.2) is 35.6 Å². The third kappa shape index (κ3) is 13.2. The molecule has 4 aromatic rings. The number of carbonyl (C=O) groups is 2. The highest BCUT2D eigenvalue weighted by atomic mass is 32.3. The fourth-order valence-electron chi connectivity index (χ4n) is 5.05. The SMILES string of the molecule is COS(=O)(=O)[O-].COS(=O)(=O)[O-].COc1cc(/C=C2/C(=O)N(c3cccc[n+]3C)N=C2C)ccc1O.COc1cc(/C=C2/C(=O)N(c3cccc[n+]3C)N=C2C)ccc1O. The smallest absolute Gasteiger partial charge is 0.368 e. The predicted octanol–water partition coefficient (Wildman–Crippen LogP) is 2.25. The van der Waals surface area contributed by atoms with E-state index in [1.807, 2.05) is 72.0 Å². The first-order chi connectivity index (χ1) is 28.1. The average Bonchev–Trinajstić information content (AvgIpc) is 3.64. The van der Waals surface area contributed by atoms with Crippen LogP contribution >= 0.6 is 0 Å². The van der Waals surface area contributed by atoms with Gasteiger partial charge in [0.2, 0.25) is 20.8 Å². The molecule has 0 saturated carbocycles. The molecule has 320 valence electrons. The molecule has 0 saturated heterocycles. The molecule has 2 N–H and O–H groups in total. The predicted molar refractivity (Wildman–Crippen MR) is 215 cm³/mol. The van der Waals surface area contributed by atoms with E-state index in [-0.39, 0.29) is 23.3 Å². The molecule has 0 atom stereocenters. The number of methoxy groups -OCH3 is 2. The monoisotopic (exact) mass is 870 g/mol. The van der Waals surface area contributed by atoms with Crippen molar-refractivity contribution < 1.29 is 72.7 Å². The van der Waals surface area contributed by atoms with Crippen LogP contribution in [0.2, 0.25) is 0 Å². The number of aryl methyl sites for hydroxylation is 2. The number of nitrogens with zero attached hydrogens (tertiary/aromatic N) is 6. The van der Waals surface area contributed by atoms with E-state index in [1.165, 1.54) is 36.4 Å². The minimum atomic E-state index is -4.41. The number of phenolic OH excluding ortho intramolecular Hbond substituents is 2. The minimum Gasteiger partial charge on any atom is -0.726 e. The summed E-state index contributed by atoms with van der Waals surface area (Å²) in [5, 5.41) is 30.9. The van der Waals surface area contributed by atoms with Gasteiger partial charge in [0, 0.05) is 12.1 Å². The molecule has 60 heavy (non-hydrogen) atoms. The van der Waals surface area contributed by atoms with Crippen LogP contribution in [0.25, 0.3) is 12.2 Å². The average molecular weight is 871 g/mol. The van der Waals surface area contributed by atoms with Gasteiger partial charge in [-0.2, -0.15) is 0 Å². The lowest BCUT2D eigenvalue weighted by molar-refractivity contribution is -0.658. The van der Waals surface area contributed by atoms with Crippen LogP contribution in [-0.4, -0.2) is 87.8 Å². The van der Waals surface area contributed by atoms with Gasteiger partial charge in [0.25, 0.3) is 0 Å². The minimum absolute atomic E-state index is 0.0562. The van der Waals surface area contributed by atoms with Gasteiger partial charge in [0.1, 0.15) is 0 Å². The van der Waals surface area contributed by atoms with E-state index in [9.17, 15) is 45.7 Å². The zero-order valence-corrected chi connectivity index (χ0v) is 35.2. The fourth-order valence-corrected chi connectivity index (χ4v) is 5.05. The summed E-state index contributed by atoms with van der Waals surface area (Å²) in [6.45, 7) is 3.59. The van der Waals surface area contributed by atoms with Crippen molar-refractivity contribution in [3.8, 4) is 23.0 Å². The molecule has 2 aromatic carbocycles. The lowest BCUT2D eigenvalue weighted by Gasteiger charge is -2.06. The Hall–Kier alpha value is -6.56. The maximum absolute atomic E-state index is 12.7. The van der Waals surface area contributed by atoms with E-state index >= 15 is 0 Å². The van der Waals surface area contributed by atoms with E-state index in [0.717, 1.165) is 25.3 Å². The largest absolute Gasteiger partial charge is 0.726 e. The first-order valence-electron chi connectivity index (χ1n) is 17.0. The fraction of sp³-hybridized carbons (Fsp3) is 0.211. The van der Waals surface area contributed by atoms with Crippen molar-refractivity contribution in [1.29, 1.82) is 0 Å². The number of rotatable bonds is 8. The molecule has 0 radical (unpaired) electrons. The number of anilines is 2. The summed E-state index contributed by atoms with van der Waals surface area (Å²) in [7, 11) is -0.521. The summed E-state index contributed by atoms with van der Waals surface area (Å²) >= 11 is 0. The first kappa shape index (κ1) is 47.8. The molecule has 0 spiro atoms. The van der Waals surface area contributed by atoms with Gasteiger partial charge < -0.3 is 28.8 Å². The summed E-state index contributed by atoms with van der Waals surface area (Å²) in [4.78, 5) is 25.5. The second kappa shape index (κ2) is 20.9. The zero-order chi connectivity index (χ0) is 44.9. The Bertz CT molecular complexity index is 2400. The Kier molecular flexibility index (Phi) is 16.7. The highest BCUT2D eigenvalue weighted by Gasteiger charge is 2.38. The number of pyridine rings is 2. The number of amides is 2. The quantitative estimate of drug-likeness (QED) is 0.111. The molecule has 22 heteroatoms. The second-order valence-electron chi connectivity index (χ2n) is 12.1. The summed E-state index contributed by atoms with van der Waals surface area (Å²) in [5.41, 5.74) is 3.79. The van der Waals surface area contributed by atoms with E-state index in [4.69, 9.17) is 9.47 Å². The van der Waals surface area contributed by atoms with Crippen LogP contribution in [0, 0.1) is 0 Å². The Balaban J connectivity index is 0.000000253. The van der Waals surface area contributed by atoms with Crippen LogP contribution in [0.3, 0.4) is 0 Å². The molecule has 6 rings (SSSR count). The molecular weight excluding hydrogens is 829 g/mol. The van der Waals surface area contributed by atoms with Crippen LogP contribution in [0.5, 0.6) is 23.0 Å². The van der Waals surface area contributed by atoms with Crippen LogP contribution in [0.1, 0.15) is 25.0 Å². The van der Waals surface area contributed by atoms with Crippen molar-refractivity contribution in [3.05, 3.63) is 107 Å². The lowest BCUT2D eigenvalue weighted by Crippen LogP contribution is -2.37. The van der Waals surface area contributed by atoms with Gasteiger partial charge in [-0.05, 0) is 73.5 Å². The van der Waals surface area contributed by atoms with Gasteiger partial charge in [0.05, 0.1) is 77.5 Å². The van der Waals surface area contributed by atoms with Crippen LogP contribution in [0.15, 0.2) is 107 Å². The molecule has 2 aliphatic heterocycles. The number of hydrogen-bond donors (Lipinski definition) is 2. The molecule has 0 fully saturated rings. The Labute approximate surface area is 346 Å². The molecule has 2 amide bonds. The van der Waals surface area contributed by atoms with Gasteiger partial charge in [-0.1, -0.05) is 44.5 Å². The second-order valence-corrected chi connectivity index (χ2v) is 14.4. The van der Waals surface area contributed by atoms with Crippen molar-refractivity contribution in [1.82, 2.24) is 0 Å². The van der Waals surface area contributed by atoms with Crippen LogP contribution in [0.4, 0.5) is 11.6 Å². The number of aromatic nitrogens is 2. The molecule has 4 heterocycles. The lowest BCUT2D eigenvalue weighted by atomic mass is 10.1. The molecule has 2 aromatic heterocycles. The first-order valence-corrected chi connectivity index (χ1v) is 19.7. The molecular formula is C38H42N6O14S2. The standard InChI is InChI=1S/2C18H17N3O3.2CH4O4S/c2*1-12-14(10-13-7-8-15(22)16(11-13)24-3)18(23)21(19-12)17-6-4-5-9-20(17)2;2*1-5-6(2,3)4/h2*4-11H,1-3H3;2*1H3,(H,2,3,4). The van der Waals surface area contributed by atoms with E-state index in [2.05, 4.69) is 18.6 Å². The Morgan fingerprint density at radius 2 is 0.950 bits per heavy atom. The number of benzene rings is 2. The molecule has 0 unspecified atom stereocenters. The van der Waals surface area contributed by atoms with Crippen molar-refractivity contribution in [2.45, 2.75) is 13.8 Å². The third-order valence-electron chi connectivity index (χ3n) is 8.05. The van der Waals surface area contributed by atoms with Crippen LogP contribution in [-0.2, 0) is 52.8 Å². The number of hydrogen-bond acceptors (Lipinski definition) is 16. The summed E-state index contributed by atoms with van der Waals surface area (Å²) in [6, 6.07) is 21.0. The van der Waals surface area contributed by atoms with Gasteiger partial charge >= 0.3 is 23.5 Å². The number of carbonyl (C=O) groups excluding carboxylic acids is 2. The maximum Gasteiger partial charge on any atom is 0.368 e. The summed E-state index contributed by atoms with van der Waals surface area (Å²) in [5.74, 6) is 1.82. The van der Waals surface area contributed by atoms with E-state index in [0.29, 0.717) is 45.7 Å². The number of ether oxygens (including phenoxy) is 2. The number of aromatic hydroxyl groups is 2. The Morgan fingerprint density at radius 3 is 1.23 bits per heavy atom. The highest BCUT2D eigenvalue weighted by Crippen LogP contribution is 2.30. The zero-order valence-electron chi connectivity index (χ0n) is 33.5. The van der Waals surface area contributed by atoms with Crippen molar-refractivity contribution in [3.63, 3.8) is 0 Å². The van der Waals surface area contributed by atoms with E-state index < -0.39 is 20.8 Å².